The highest BCUT2D eigenvalue weighted by atomic mass is 16.5. The fourth-order valence-electron chi connectivity index (χ4n) is 2.02. The first-order chi connectivity index (χ1) is 7.69. The summed E-state index contributed by atoms with van der Waals surface area (Å²) in [5, 5.41) is 2.74. The normalized spacial score (nSPS) is 21.5. The molecule has 0 aromatic rings. The van der Waals surface area contributed by atoms with Crippen molar-refractivity contribution < 1.29 is 14.3 Å². The maximum absolute atomic E-state index is 11.5. The van der Waals surface area contributed by atoms with Crippen molar-refractivity contribution >= 4 is 11.9 Å². The van der Waals surface area contributed by atoms with Crippen LogP contribution in [0.2, 0.25) is 0 Å². The molecule has 0 bridgehead atoms. The molecule has 1 rings (SSSR count). The monoisotopic (exact) mass is 228 g/mol. The Morgan fingerprint density at radius 2 is 2.19 bits per heavy atom. The van der Waals surface area contributed by atoms with Crippen molar-refractivity contribution in [3.8, 4) is 0 Å². The zero-order valence-electron chi connectivity index (χ0n) is 9.99. The Morgan fingerprint density at radius 3 is 2.81 bits per heavy atom. The molecule has 1 aliphatic heterocycles. The van der Waals surface area contributed by atoms with Gasteiger partial charge in [0, 0.05) is 6.54 Å². The molecule has 1 N–H and O–H groups in total. The third-order valence-corrected chi connectivity index (χ3v) is 2.81. The molecule has 1 fully saturated rings. The number of likely N-dealkylation sites (N-methyl/N-ethyl adjacent to an activating group) is 1. The van der Waals surface area contributed by atoms with E-state index in [1.807, 2.05) is 11.8 Å². The summed E-state index contributed by atoms with van der Waals surface area (Å²) >= 11 is 0. The van der Waals surface area contributed by atoms with E-state index in [1.54, 1.807) is 0 Å². The number of carbonyl (C=O) groups excluding carboxylic acids is 2. The molecule has 1 heterocycles. The Hall–Kier alpha value is -1.10. The van der Waals surface area contributed by atoms with Gasteiger partial charge in [0.1, 0.15) is 6.04 Å². The zero-order chi connectivity index (χ0) is 12.0. The van der Waals surface area contributed by atoms with Crippen LogP contribution >= 0.6 is 0 Å². The van der Waals surface area contributed by atoms with Crippen LogP contribution in [0.25, 0.3) is 0 Å². The van der Waals surface area contributed by atoms with Gasteiger partial charge in [-0.3, -0.25) is 14.5 Å². The lowest BCUT2D eigenvalue weighted by atomic mass is 10.0. The van der Waals surface area contributed by atoms with Gasteiger partial charge in [0.2, 0.25) is 5.91 Å². The lowest BCUT2D eigenvalue weighted by molar-refractivity contribution is -0.148. The number of piperidine rings is 1. The number of hydrogen-bond donors (Lipinski definition) is 1. The van der Waals surface area contributed by atoms with Gasteiger partial charge in [-0.25, -0.2) is 0 Å². The summed E-state index contributed by atoms with van der Waals surface area (Å²) in [6.45, 7) is 3.58. The molecule has 16 heavy (non-hydrogen) atoms. The Bertz CT molecular complexity index is 256. The summed E-state index contributed by atoms with van der Waals surface area (Å²) in [4.78, 5) is 24.9. The van der Waals surface area contributed by atoms with Gasteiger partial charge in [-0.2, -0.15) is 0 Å². The molecular weight excluding hydrogens is 208 g/mol. The van der Waals surface area contributed by atoms with Gasteiger partial charge in [-0.15, -0.1) is 0 Å². The van der Waals surface area contributed by atoms with Crippen LogP contribution in [-0.2, 0) is 14.3 Å². The van der Waals surface area contributed by atoms with Crippen molar-refractivity contribution in [1.29, 1.82) is 0 Å². The average molecular weight is 228 g/mol. The first kappa shape index (κ1) is 13.0. The largest absolute Gasteiger partial charge is 0.468 e. The SMILES string of the molecule is CCNC(=O)CN1CCCCC1C(=O)OC. The summed E-state index contributed by atoms with van der Waals surface area (Å²) < 4.78 is 4.75. The number of hydrogen-bond acceptors (Lipinski definition) is 4. The predicted octanol–water partition coefficient (Wildman–Crippen LogP) is 0.150. The summed E-state index contributed by atoms with van der Waals surface area (Å²) in [5.41, 5.74) is 0. The van der Waals surface area contributed by atoms with E-state index in [1.165, 1.54) is 7.11 Å². The maximum Gasteiger partial charge on any atom is 0.323 e. The second kappa shape index (κ2) is 6.48. The molecular formula is C11H20N2O3. The molecule has 1 atom stereocenters. The van der Waals surface area contributed by atoms with Crippen LogP contribution in [0.4, 0.5) is 0 Å². The number of methoxy groups -OCH3 is 1. The molecule has 0 saturated carbocycles. The smallest absolute Gasteiger partial charge is 0.323 e. The first-order valence-electron chi connectivity index (χ1n) is 5.77. The molecule has 0 aromatic heterocycles. The second-order valence-electron chi connectivity index (χ2n) is 3.96. The molecule has 0 spiro atoms. The van der Waals surface area contributed by atoms with Gasteiger partial charge in [-0.1, -0.05) is 6.42 Å². The third-order valence-electron chi connectivity index (χ3n) is 2.81. The van der Waals surface area contributed by atoms with Crippen molar-refractivity contribution in [2.24, 2.45) is 0 Å². The number of amides is 1. The quantitative estimate of drug-likeness (QED) is 0.696. The molecule has 5 heteroatoms. The van der Waals surface area contributed by atoms with Crippen molar-refractivity contribution in [2.45, 2.75) is 32.2 Å². The fraction of sp³-hybridized carbons (Fsp3) is 0.818. The average Bonchev–Trinajstić information content (AvgIpc) is 2.29. The third kappa shape index (κ3) is 3.48. The molecule has 0 aliphatic carbocycles. The minimum atomic E-state index is -0.249. The Labute approximate surface area is 96.1 Å². The van der Waals surface area contributed by atoms with Gasteiger partial charge in [0.25, 0.3) is 0 Å². The van der Waals surface area contributed by atoms with Crippen molar-refractivity contribution in [3.63, 3.8) is 0 Å². The number of carbonyl (C=O) groups is 2. The van der Waals surface area contributed by atoms with Crippen LogP contribution < -0.4 is 5.32 Å². The molecule has 1 amide bonds. The minimum absolute atomic E-state index is 0.0293. The van der Waals surface area contributed by atoms with E-state index >= 15 is 0 Å². The van der Waals surface area contributed by atoms with E-state index < -0.39 is 0 Å². The molecule has 1 saturated heterocycles. The number of ether oxygens (including phenoxy) is 1. The van der Waals surface area contributed by atoms with E-state index in [0.29, 0.717) is 6.54 Å². The van der Waals surface area contributed by atoms with Gasteiger partial charge < -0.3 is 10.1 Å². The lowest BCUT2D eigenvalue weighted by Gasteiger charge is -2.32. The standard InChI is InChI=1S/C11H20N2O3/c1-3-12-10(14)8-13-7-5-4-6-9(13)11(15)16-2/h9H,3-8H2,1-2H3,(H,12,14). The Balaban J connectivity index is 2.53. The van der Waals surface area contributed by atoms with E-state index in [0.717, 1.165) is 25.8 Å². The van der Waals surface area contributed by atoms with E-state index in [9.17, 15) is 9.59 Å². The minimum Gasteiger partial charge on any atom is -0.468 e. The van der Waals surface area contributed by atoms with Crippen molar-refractivity contribution in [3.05, 3.63) is 0 Å². The summed E-state index contributed by atoms with van der Waals surface area (Å²) in [6, 6.07) is -0.249. The number of nitrogens with zero attached hydrogens (tertiary/aromatic N) is 1. The molecule has 0 aromatic carbocycles. The molecule has 0 radical (unpaired) electrons. The van der Waals surface area contributed by atoms with E-state index in [4.69, 9.17) is 4.74 Å². The first-order valence-corrected chi connectivity index (χ1v) is 5.77. The molecule has 92 valence electrons. The summed E-state index contributed by atoms with van der Waals surface area (Å²) in [7, 11) is 1.39. The highest BCUT2D eigenvalue weighted by molar-refractivity contribution is 5.80. The van der Waals surface area contributed by atoms with Gasteiger partial charge >= 0.3 is 5.97 Å². The van der Waals surface area contributed by atoms with Crippen molar-refractivity contribution in [2.75, 3.05) is 26.7 Å². The van der Waals surface area contributed by atoms with Gasteiger partial charge in [0.15, 0.2) is 0 Å². The number of nitrogens with one attached hydrogen (secondary N) is 1. The van der Waals surface area contributed by atoms with Crippen LogP contribution in [0, 0.1) is 0 Å². The van der Waals surface area contributed by atoms with E-state index in [-0.39, 0.29) is 24.5 Å². The second-order valence-corrected chi connectivity index (χ2v) is 3.96. The van der Waals surface area contributed by atoms with Crippen LogP contribution in [0.1, 0.15) is 26.2 Å². The summed E-state index contributed by atoms with van der Waals surface area (Å²) in [6.07, 6.45) is 2.84. The fourth-order valence-corrected chi connectivity index (χ4v) is 2.02. The zero-order valence-corrected chi connectivity index (χ0v) is 9.99. The van der Waals surface area contributed by atoms with Crippen LogP contribution in [0.5, 0.6) is 0 Å². The van der Waals surface area contributed by atoms with Gasteiger partial charge in [0.05, 0.1) is 13.7 Å². The highest BCUT2D eigenvalue weighted by Crippen LogP contribution is 2.17. The Morgan fingerprint density at radius 1 is 1.44 bits per heavy atom. The molecule has 1 aliphatic rings. The van der Waals surface area contributed by atoms with Gasteiger partial charge in [-0.05, 0) is 26.3 Å². The molecule has 5 nitrogen and oxygen atoms in total. The van der Waals surface area contributed by atoms with Crippen LogP contribution in [0.15, 0.2) is 0 Å². The summed E-state index contributed by atoms with van der Waals surface area (Å²) in [5.74, 6) is -0.262. The maximum atomic E-state index is 11.5. The number of rotatable bonds is 4. The van der Waals surface area contributed by atoms with E-state index in [2.05, 4.69) is 5.32 Å². The topological polar surface area (TPSA) is 58.6 Å². The lowest BCUT2D eigenvalue weighted by Crippen LogP contribution is -2.49. The van der Waals surface area contributed by atoms with Crippen LogP contribution in [-0.4, -0.2) is 49.6 Å². The Kier molecular flexibility index (Phi) is 5.25. The van der Waals surface area contributed by atoms with Crippen molar-refractivity contribution in [1.82, 2.24) is 10.2 Å². The van der Waals surface area contributed by atoms with Crippen LogP contribution in [0.3, 0.4) is 0 Å². The number of esters is 1. The number of likely N-dealkylation sites (tertiary alicyclic amines) is 1. The predicted molar refractivity (Wildman–Crippen MR) is 59.9 cm³/mol. The molecule has 1 unspecified atom stereocenters. The highest BCUT2D eigenvalue weighted by Gasteiger charge is 2.30.